The molecule has 0 radical (unpaired) electrons. The summed E-state index contributed by atoms with van der Waals surface area (Å²) in [6.07, 6.45) is 0. The lowest BCUT2D eigenvalue weighted by atomic mass is 10.00. The van der Waals surface area contributed by atoms with Crippen molar-refractivity contribution < 1.29 is 52.1 Å². The van der Waals surface area contributed by atoms with Crippen molar-refractivity contribution in [3.63, 3.8) is 0 Å². The Labute approximate surface area is 381 Å². The number of para-hydroxylation sites is 2. The Morgan fingerprint density at radius 1 is 0.321 bits per heavy atom. The summed E-state index contributed by atoms with van der Waals surface area (Å²) < 4.78 is 343. The zero-order valence-corrected chi connectivity index (χ0v) is 27.9. The smallest absolute Gasteiger partial charge is 0.0651 e. The van der Waals surface area contributed by atoms with Crippen molar-refractivity contribution >= 4 is 38.9 Å². The summed E-state index contributed by atoms with van der Waals surface area (Å²) in [7, 11) is 0. The van der Waals surface area contributed by atoms with Crippen LogP contribution in [0, 0.1) is 0 Å². The number of hydrogen-bond donors (Lipinski definition) is 0. The van der Waals surface area contributed by atoms with Crippen LogP contribution in [-0.2, 0) is 0 Å². The molecule has 0 spiro atoms. The maximum atomic E-state index is 9.91. The molecule has 0 N–H and O–H groups in total. The van der Waals surface area contributed by atoms with Crippen LogP contribution < -0.4 is 4.90 Å². The summed E-state index contributed by atoms with van der Waals surface area (Å²) in [4.78, 5) is 0.218. The second-order valence-electron chi connectivity index (χ2n) is 11.3. The van der Waals surface area contributed by atoms with Gasteiger partial charge in [0.1, 0.15) is 0 Å². The monoisotopic (exact) mass is 753 g/mol. The van der Waals surface area contributed by atoms with Crippen LogP contribution in [0.4, 0.5) is 17.1 Å². The van der Waals surface area contributed by atoms with E-state index in [1.165, 1.54) is 0 Å². The fourth-order valence-corrected chi connectivity index (χ4v) is 5.63. The molecule has 0 unspecified atom stereocenters. The van der Waals surface area contributed by atoms with E-state index in [1.54, 1.807) is 0 Å². The number of anilines is 3. The molecule has 0 aliphatic rings. The quantitative estimate of drug-likeness (QED) is 0.150. The van der Waals surface area contributed by atoms with Crippen LogP contribution >= 0.6 is 0 Å². The predicted octanol–water partition coefficient (Wildman–Crippen LogP) is 14.9. The van der Waals surface area contributed by atoms with Crippen LogP contribution in [0.15, 0.2) is 230 Å². The van der Waals surface area contributed by atoms with Gasteiger partial charge in [-0.25, -0.2) is 0 Å². The molecule has 2 nitrogen and oxygen atoms in total. The molecule has 0 aliphatic carbocycles. The fourth-order valence-electron chi connectivity index (χ4n) is 5.63. The normalized spacial score (nSPS) is 20.7. The van der Waals surface area contributed by atoms with Gasteiger partial charge in [0.25, 0.3) is 0 Å². The van der Waals surface area contributed by atoms with Crippen molar-refractivity contribution in [1.82, 2.24) is 4.57 Å². The van der Waals surface area contributed by atoms with Gasteiger partial charge in [-0.05, 0) is 99.4 Å². The maximum absolute atomic E-state index is 9.91. The largest absolute Gasteiger partial charge is 0.310 e. The maximum Gasteiger partial charge on any atom is 0.0651 e. The molecule has 0 atom stereocenters. The van der Waals surface area contributed by atoms with Gasteiger partial charge in [0.2, 0.25) is 0 Å². The van der Waals surface area contributed by atoms with E-state index in [2.05, 4.69) is 0 Å². The average Bonchev–Trinajstić information content (AvgIpc) is 1.38. The van der Waals surface area contributed by atoms with Crippen LogP contribution in [0.1, 0.15) is 52.1 Å². The lowest BCUT2D eigenvalue weighted by Crippen LogP contribution is -2.11. The Morgan fingerprint density at radius 3 is 1.46 bits per heavy atom. The summed E-state index contributed by atoms with van der Waals surface area (Å²) in [5.41, 5.74) is -14.4. The summed E-state index contributed by atoms with van der Waals surface area (Å²) >= 11 is 0. The van der Waals surface area contributed by atoms with Gasteiger partial charge >= 0.3 is 0 Å². The van der Waals surface area contributed by atoms with Gasteiger partial charge in [0.15, 0.2) is 0 Å². The molecule has 0 aliphatic heterocycles. The molecule has 0 bridgehead atoms. The number of benzene rings is 9. The van der Waals surface area contributed by atoms with Crippen LogP contribution in [0.2, 0.25) is 0 Å². The third kappa shape index (κ3) is 6.14. The molecule has 0 saturated heterocycles. The highest BCUT2D eigenvalue weighted by molar-refractivity contribution is 6.10. The molecule has 1 aromatic heterocycles. The topological polar surface area (TPSA) is 8.17 Å². The number of aromatic nitrogens is 1. The first-order valence-corrected chi connectivity index (χ1v) is 16.1. The highest BCUT2D eigenvalue weighted by Crippen LogP contribution is 2.42. The van der Waals surface area contributed by atoms with E-state index in [1.807, 2.05) is 0 Å². The van der Waals surface area contributed by atoms with E-state index >= 15 is 0 Å². The molecule has 0 amide bonds. The molecular formula is C54H38N2. The summed E-state index contributed by atoms with van der Waals surface area (Å²) in [5, 5.41) is -1.56. The lowest BCUT2D eigenvalue weighted by molar-refractivity contribution is 1.18. The molecule has 2 heteroatoms. The Kier molecular flexibility index (Phi) is 3.10. The first-order valence-electron chi connectivity index (χ1n) is 35.1. The Balaban J connectivity index is 1.39. The third-order valence-corrected chi connectivity index (χ3v) is 8.06. The number of rotatable bonds is 8. The average molecular weight is 753 g/mol. The zero-order valence-electron chi connectivity index (χ0n) is 65.9. The second kappa shape index (κ2) is 14.4. The van der Waals surface area contributed by atoms with Crippen molar-refractivity contribution in [2.24, 2.45) is 0 Å². The highest BCUT2D eigenvalue weighted by Gasteiger charge is 2.18. The lowest BCUT2D eigenvalue weighted by Gasteiger charge is -2.28. The third-order valence-electron chi connectivity index (χ3n) is 8.06. The standard InChI is InChI=1S/C54H38N2/c1-4-15-39(16-5-1)41-27-32-46(33-28-41)55(52-25-12-10-23-49(52)43-19-8-3-9-20-43)47-34-29-42(30-35-47)45-31-36-54-51(38-45)50-24-11-13-26-53(50)56(54)48-22-14-21-44(37-48)40-17-6-2-7-18-40/h1-38H/i1D,2D,3D,4D,5D,6D,7D,8D,9D,10D,11D,12D,13D,14D,15D,16D,17D,18D,19D,20D,21D,22D,23D,24D,25D,26D,27D,28D,29D,30D,31D,32D,33D,34D,35D,36D,37D,38D. The van der Waals surface area contributed by atoms with Gasteiger partial charge in [-0.15, -0.1) is 0 Å². The Morgan fingerprint density at radius 2 is 0.786 bits per heavy atom. The van der Waals surface area contributed by atoms with Gasteiger partial charge in [-0.2, -0.15) is 0 Å². The van der Waals surface area contributed by atoms with Crippen molar-refractivity contribution in [2.45, 2.75) is 0 Å². The number of hydrogen-bond acceptors (Lipinski definition) is 1. The van der Waals surface area contributed by atoms with Gasteiger partial charge < -0.3 is 9.47 Å². The highest BCUT2D eigenvalue weighted by atomic mass is 15.1. The minimum absolute atomic E-state index is 0.218. The van der Waals surface area contributed by atoms with Crippen molar-refractivity contribution in [3.8, 4) is 50.2 Å². The Hall–Kier alpha value is -7.42. The van der Waals surface area contributed by atoms with Gasteiger partial charge in [-0.3, -0.25) is 0 Å². The van der Waals surface area contributed by atoms with Crippen molar-refractivity contribution in [2.75, 3.05) is 4.90 Å². The van der Waals surface area contributed by atoms with Gasteiger partial charge in [-0.1, -0.05) is 169 Å². The van der Waals surface area contributed by atoms with E-state index in [0.29, 0.717) is 4.57 Å². The molecule has 9 aromatic carbocycles. The van der Waals surface area contributed by atoms with E-state index in [-0.39, 0.29) is 4.90 Å². The number of fused-ring (bicyclic) bond motifs is 3. The molecular weight excluding hydrogens is 677 g/mol. The van der Waals surface area contributed by atoms with E-state index < -0.39 is 319 Å². The SMILES string of the molecule is [2H]c1c([2H])c([2H])c(-c2c([2H])c([2H])c(N(c3c([2H])c([2H])c(-c4c([2H])c([2H])c5c(c4[2H])c4c([2H])c([2H])c([2H])c([2H])c4n5-c4c([2H])c([2H])c([2H])c(-c5c([2H])c([2H])c([2H])c([2H])c5[2H])c4[2H])c([2H])c3[2H])c3c([2H])c([2H])c([2H])c([2H])c3-c3c([2H])c([2H])c([2H])c([2H])c3[2H])c([2H])c2[2H])c([2H])c1[2H]. The van der Waals surface area contributed by atoms with Crippen LogP contribution in [0.5, 0.6) is 0 Å². The summed E-state index contributed by atoms with van der Waals surface area (Å²) in [6.45, 7) is 0. The minimum atomic E-state index is -1.45. The second-order valence-corrected chi connectivity index (χ2v) is 11.3. The van der Waals surface area contributed by atoms with Crippen LogP contribution in [0.25, 0.3) is 72.0 Å². The van der Waals surface area contributed by atoms with E-state index in [0.717, 1.165) is 0 Å². The predicted molar refractivity (Wildman–Crippen MR) is 237 cm³/mol. The van der Waals surface area contributed by atoms with E-state index in [4.69, 9.17) is 28.8 Å². The van der Waals surface area contributed by atoms with Crippen LogP contribution in [0.3, 0.4) is 0 Å². The molecule has 1 heterocycles. The number of nitrogens with zero attached hydrogens (tertiary/aromatic N) is 2. The van der Waals surface area contributed by atoms with Crippen LogP contribution in [-0.4, -0.2) is 4.57 Å². The van der Waals surface area contributed by atoms with Crippen molar-refractivity contribution in [1.29, 1.82) is 0 Å². The fraction of sp³-hybridized carbons (Fsp3) is 0. The molecule has 10 rings (SSSR count). The minimum Gasteiger partial charge on any atom is -0.310 e. The first-order chi connectivity index (χ1) is 43.6. The zero-order chi connectivity index (χ0) is 70.3. The van der Waals surface area contributed by atoms with Crippen molar-refractivity contribution in [3.05, 3.63) is 230 Å². The first kappa shape index (κ1) is 12.0. The molecule has 0 saturated carbocycles. The molecule has 264 valence electrons. The summed E-state index contributed by atoms with van der Waals surface area (Å²) in [5.74, 6) is 0. The van der Waals surface area contributed by atoms with E-state index in [9.17, 15) is 23.3 Å². The van der Waals surface area contributed by atoms with Gasteiger partial charge in [0, 0.05) is 33.4 Å². The molecule has 56 heavy (non-hydrogen) atoms. The Bertz CT molecular complexity index is 5040. The summed E-state index contributed by atoms with van der Waals surface area (Å²) in [6, 6.07) is -43.5. The molecule has 10 aromatic rings. The van der Waals surface area contributed by atoms with Gasteiger partial charge in [0.05, 0.1) is 68.8 Å². The molecule has 0 fully saturated rings.